The maximum absolute atomic E-state index is 8.52. The monoisotopic (exact) mass is 562 g/mol. The summed E-state index contributed by atoms with van der Waals surface area (Å²) in [6.07, 6.45) is -4.67. The molecule has 192 valence electrons. The zero-order chi connectivity index (χ0) is 11.7. The van der Waals surface area contributed by atoms with Crippen LogP contribution in [-0.4, -0.2) is 199 Å². The van der Waals surface area contributed by atoms with E-state index < -0.39 is 22.7 Å². The van der Waals surface area contributed by atoms with E-state index >= 15 is 0 Å². The number of carbonyl (C=O) groups is 2. The summed E-state index contributed by atoms with van der Waals surface area (Å²) in [6, 6.07) is 0. The summed E-state index contributed by atoms with van der Waals surface area (Å²) >= 11 is 0. The van der Waals surface area contributed by atoms with Gasteiger partial charge in [0.1, 0.15) is 0 Å². The molecule has 0 spiro atoms. The smallest absolute Gasteiger partial charge is 0.870 e. The minimum Gasteiger partial charge on any atom is -0.870 e. The third-order valence-corrected chi connectivity index (χ3v) is 0. The van der Waals surface area contributed by atoms with E-state index in [2.05, 4.69) is 0 Å². The minimum absolute atomic E-state index is 0. The Hall–Kier alpha value is 0.915. The van der Waals surface area contributed by atoms with E-state index in [1.165, 1.54) is 0 Å². The Bertz CT molecular complexity index is 228. The van der Waals surface area contributed by atoms with Crippen molar-refractivity contribution >= 4 is 115 Å². The largest absolute Gasteiger partial charge is 2.00 e. The molecular weight excluding hydrogens is 537 g/mol. The maximum atomic E-state index is 8.52. The molecule has 0 saturated heterocycles. The van der Waals surface area contributed by atoms with Crippen LogP contribution in [0, 0.1) is 0 Å². The molecule has 31 heavy (non-hydrogen) atoms. The van der Waals surface area contributed by atoms with Gasteiger partial charge in [-0.25, -0.2) is 0 Å². The van der Waals surface area contributed by atoms with Crippen molar-refractivity contribution in [2.45, 2.75) is 0 Å². The van der Waals surface area contributed by atoms with Gasteiger partial charge in [0.25, 0.3) is 0 Å². The van der Waals surface area contributed by atoms with E-state index in [-0.39, 0.29) is 169 Å². The van der Waals surface area contributed by atoms with Gasteiger partial charge in [-0.2, -0.15) is 0 Å². The van der Waals surface area contributed by atoms with Gasteiger partial charge in [0.15, 0.2) is 0 Å². The Morgan fingerprint density at radius 1 is 0.419 bits per heavy atom. The van der Waals surface area contributed by atoms with Gasteiger partial charge in [-0.1, -0.05) is 0 Å². The van der Waals surface area contributed by atoms with Crippen molar-refractivity contribution in [3.8, 4) is 0 Å². The Labute approximate surface area is 237 Å². The topological polar surface area (TPSA) is 645 Å². The molecule has 0 atom stereocenters. The summed E-state index contributed by atoms with van der Waals surface area (Å²) in [5, 5.41) is 33.3. The summed E-state index contributed by atoms with van der Waals surface area (Å²) in [7, 11) is -5.17. The number of carbonyl (C=O) groups excluding carboxylic acids is 2. The van der Waals surface area contributed by atoms with Gasteiger partial charge >= 0.3 is 92.2 Å². The van der Waals surface area contributed by atoms with Crippen LogP contribution in [0.3, 0.4) is 0 Å². The van der Waals surface area contributed by atoms with E-state index in [0.29, 0.717) is 0 Å². The van der Waals surface area contributed by atoms with Crippen LogP contribution in [0.4, 0.5) is 9.59 Å². The van der Waals surface area contributed by atoms with Gasteiger partial charge < -0.3 is 116 Å². The van der Waals surface area contributed by atoms with Crippen molar-refractivity contribution in [3.63, 3.8) is 0 Å². The van der Waals surface area contributed by atoms with Gasteiger partial charge in [-0.3, -0.25) is 8.42 Å². The van der Waals surface area contributed by atoms with E-state index in [0.717, 1.165) is 0 Å². The fraction of sp³-hybridized carbons (Fsp3) is 0. The van der Waals surface area contributed by atoms with Crippen LogP contribution >= 0.6 is 0 Å². The first kappa shape index (κ1) is 256. The van der Waals surface area contributed by atoms with Gasteiger partial charge in [-0.05, 0) is 12.3 Å². The molecule has 0 fully saturated rings. The van der Waals surface area contributed by atoms with Crippen molar-refractivity contribution in [2.24, 2.45) is 0 Å². The minimum atomic E-state index is -5.17. The number of rotatable bonds is 0. The van der Waals surface area contributed by atoms with Crippen LogP contribution < -0.4 is 20.4 Å². The predicted octanol–water partition coefficient (Wildman–Crippen LogP) is -18.0. The average Bonchev–Trinajstić information content (AvgIpc) is 1.50. The number of hydrogen-bond donors (Lipinski definition) is 0. The van der Waals surface area contributed by atoms with Crippen LogP contribution in [-0.2, 0) is 10.4 Å². The molecule has 24 nitrogen and oxygen atoms in total. The zero-order valence-corrected chi connectivity index (χ0v) is 21.7. The van der Waals surface area contributed by atoms with E-state index in [1.54, 1.807) is 0 Å². The normalized spacial score (nSPS) is 3.42. The fourth-order valence-corrected chi connectivity index (χ4v) is 0. The molecule has 29 heteroatoms. The van der Waals surface area contributed by atoms with E-state index in [9.17, 15) is 0 Å². The van der Waals surface area contributed by atoms with E-state index in [4.69, 9.17) is 47.5 Å². The Morgan fingerprint density at radius 3 is 0.419 bits per heavy atom. The van der Waals surface area contributed by atoms with Crippen molar-refractivity contribution in [2.75, 3.05) is 0 Å². The molecule has 0 aliphatic rings. The van der Waals surface area contributed by atoms with Crippen molar-refractivity contribution in [3.05, 3.63) is 0 Å². The maximum Gasteiger partial charge on any atom is 2.00 e. The molecule has 0 radical (unpaired) electrons. The summed E-state index contributed by atoms with van der Waals surface area (Å²) < 4.78 is 34.1. The second-order valence-corrected chi connectivity index (χ2v) is 1.72. The molecule has 0 aromatic heterocycles. The van der Waals surface area contributed by atoms with Crippen molar-refractivity contribution < 1.29 is 124 Å². The van der Waals surface area contributed by atoms with Crippen LogP contribution in [0.5, 0.6) is 0 Å². The van der Waals surface area contributed by atoms with Gasteiger partial charge in [0, 0.05) is 10.4 Å². The Morgan fingerprint density at radius 2 is 0.419 bits per heavy atom. The molecule has 0 rings (SSSR count). The molecule has 0 unspecified atom stereocenters. The second-order valence-electron chi connectivity index (χ2n) is 0.908. The molecule has 0 aliphatic carbocycles. The SMILES string of the molecule is O.O.O.O.O.O.O.O.O.O.O.O.O=C([O-])[O-].O=C([O-])[O-].O=S(=O)([O-])[O-].[Mg+2].[Mg+2].[Mg+2].[Mg+2].[OH-].[OH-]. The van der Waals surface area contributed by atoms with Crippen molar-refractivity contribution in [1.82, 2.24) is 0 Å². The van der Waals surface area contributed by atoms with Crippen LogP contribution in [0.1, 0.15) is 0 Å². The van der Waals surface area contributed by atoms with Crippen LogP contribution in [0.25, 0.3) is 0 Å². The summed E-state index contributed by atoms with van der Waals surface area (Å²) in [6.45, 7) is 0. The molecule has 0 saturated carbocycles. The number of hydrogen-bond acceptors (Lipinski definition) is 12. The van der Waals surface area contributed by atoms with Gasteiger partial charge in [-0.15, -0.1) is 0 Å². The molecule has 0 bridgehead atoms. The molecule has 0 heterocycles. The number of carboxylic acid groups (broad SMARTS) is 4. The summed E-state index contributed by atoms with van der Waals surface area (Å²) in [4.78, 5) is 16.7. The zero-order valence-electron chi connectivity index (χ0n) is 15.2. The standard InChI is InChI=1S/2CH2O3.4Mg.H2O4S.14H2O/c2*2-1(3)4;;;;;1-5(2,3)4;;;;;;;;;;;;;;/h2*(H2,2,3,4);;;;;(H2,1,2,3,4);14*1H2/q;;4*+2;;;;;;;;;;;;;;;/p-8. The predicted molar refractivity (Wildman–Crippen MR) is 91.5 cm³/mol. The third kappa shape index (κ3) is 30900. The van der Waals surface area contributed by atoms with Crippen LogP contribution in [0.2, 0.25) is 0 Å². The second kappa shape index (κ2) is 166. The molecule has 26 N–H and O–H groups in total. The van der Waals surface area contributed by atoms with Gasteiger partial charge in [0.05, 0.1) is 0 Å². The summed E-state index contributed by atoms with van der Waals surface area (Å²) in [5.41, 5.74) is 0. The first-order chi connectivity index (χ1) is 5.46. The average molecular weight is 563 g/mol. The third-order valence-electron chi connectivity index (χ3n) is 0. The molecular formula is C2H26Mg4O24S. The molecule has 0 aromatic carbocycles. The molecule has 0 aromatic rings. The van der Waals surface area contributed by atoms with Crippen LogP contribution in [0.15, 0.2) is 0 Å². The quantitative estimate of drug-likeness (QED) is 0.150. The van der Waals surface area contributed by atoms with Crippen molar-refractivity contribution in [1.29, 1.82) is 0 Å². The fourth-order valence-electron chi connectivity index (χ4n) is 0. The van der Waals surface area contributed by atoms with E-state index in [1.807, 2.05) is 0 Å². The first-order valence-electron chi connectivity index (χ1n) is 1.89. The molecule has 0 amide bonds. The Kier molecular flexibility index (Phi) is 1370. The van der Waals surface area contributed by atoms with Gasteiger partial charge in [0.2, 0.25) is 0 Å². The Balaban J connectivity index is -0.00000000198. The summed E-state index contributed by atoms with van der Waals surface area (Å²) in [5.74, 6) is 0. The first-order valence-corrected chi connectivity index (χ1v) is 3.22. The molecule has 0 aliphatic heterocycles.